The highest BCUT2D eigenvalue weighted by atomic mass is 16.4. The van der Waals surface area contributed by atoms with Crippen molar-refractivity contribution in [1.29, 1.82) is 0 Å². The molecule has 2 N–H and O–H groups in total. The van der Waals surface area contributed by atoms with Crippen molar-refractivity contribution in [2.75, 3.05) is 12.4 Å². The Morgan fingerprint density at radius 2 is 1.94 bits per heavy atom. The fourth-order valence-corrected chi connectivity index (χ4v) is 1.37. The second-order valence-electron chi connectivity index (χ2n) is 4.47. The number of hydrogen-bond donors (Lipinski definition) is 2. The van der Waals surface area contributed by atoms with Crippen LogP contribution in [0.4, 0.5) is 10.5 Å². The second kappa shape index (κ2) is 5.53. The number of carboxylic acid groups (broad SMARTS) is 1. The number of carbonyl (C=O) groups is 2. The van der Waals surface area contributed by atoms with Crippen LogP contribution in [-0.4, -0.2) is 35.1 Å². The lowest BCUT2D eigenvalue weighted by molar-refractivity contribution is 0.0697. The summed E-state index contributed by atoms with van der Waals surface area (Å²) < 4.78 is 0. The minimum Gasteiger partial charge on any atom is -0.478 e. The number of aromatic carboxylic acids is 1. The van der Waals surface area contributed by atoms with Crippen LogP contribution in [0.5, 0.6) is 0 Å². The molecule has 1 rings (SSSR count). The molecule has 0 aromatic heterocycles. The Hall–Kier alpha value is -2.04. The minimum absolute atomic E-state index is 0.101. The standard InChI is InChI=1S/C13H18N2O3/c1-8(2)15(4)13(18)14-11-6-5-10(12(16)17)7-9(11)3/h5-8H,1-4H3,(H,14,18)(H,16,17). The third-order valence-electron chi connectivity index (χ3n) is 2.81. The molecule has 0 saturated heterocycles. The van der Waals surface area contributed by atoms with Gasteiger partial charge in [0.05, 0.1) is 5.56 Å². The molecule has 0 heterocycles. The normalized spacial score (nSPS) is 10.3. The van der Waals surface area contributed by atoms with Crippen molar-refractivity contribution in [2.45, 2.75) is 26.8 Å². The summed E-state index contributed by atoms with van der Waals surface area (Å²) in [6.07, 6.45) is 0. The number of urea groups is 1. The highest BCUT2D eigenvalue weighted by molar-refractivity contribution is 5.92. The molecule has 1 aromatic rings. The van der Waals surface area contributed by atoms with Crippen molar-refractivity contribution >= 4 is 17.7 Å². The molecule has 0 aliphatic rings. The molecule has 0 aliphatic heterocycles. The number of amides is 2. The van der Waals surface area contributed by atoms with Crippen molar-refractivity contribution in [1.82, 2.24) is 4.90 Å². The zero-order valence-electron chi connectivity index (χ0n) is 11.0. The highest BCUT2D eigenvalue weighted by Crippen LogP contribution is 2.17. The Labute approximate surface area is 106 Å². The summed E-state index contributed by atoms with van der Waals surface area (Å²) in [6.45, 7) is 5.59. The number of benzene rings is 1. The van der Waals surface area contributed by atoms with E-state index in [0.29, 0.717) is 5.69 Å². The van der Waals surface area contributed by atoms with Crippen molar-refractivity contribution in [3.63, 3.8) is 0 Å². The van der Waals surface area contributed by atoms with E-state index in [4.69, 9.17) is 5.11 Å². The molecule has 98 valence electrons. The molecule has 0 unspecified atom stereocenters. The number of carboxylic acids is 1. The van der Waals surface area contributed by atoms with Crippen molar-refractivity contribution in [2.24, 2.45) is 0 Å². The van der Waals surface area contributed by atoms with E-state index in [2.05, 4.69) is 5.32 Å². The first kappa shape index (κ1) is 14.0. The van der Waals surface area contributed by atoms with Gasteiger partial charge in [0, 0.05) is 18.8 Å². The number of nitrogens with zero attached hydrogens (tertiary/aromatic N) is 1. The van der Waals surface area contributed by atoms with Crippen LogP contribution in [0.3, 0.4) is 0 Å². The zero-order chi connectivity index (χ0) is 13.9. The third-order valence-corrected chi connectivity index (χ3v) is 2.81. The van der Waals surface area contributed by atoms with E-state index in [1.165, 1.54) is 12.1 Å². The van der Waals surface area contributed by atoms with E-state index in [1.54, 1.807) is 24.9 Å². The molecule has 5 heteroatoms. The van der Waals surface area contributed by atoms with E-state index < -0.39 is 5.97 Å². The fraction of sp³-hybridized carbons (Fsp3) is 0.385. The summed E-state index contributed by atoms with van der Waals surface area (Å²) in [4.78, 5) is 24.2. The van der Waals surface area contributed by atoms with Gasteiger partial charge >= 0.3 is 12.0 Å². The number of rotatable bonds is 3. The smallest absolute Gasteiger partial charge is 0.335 e. The van der Waals surface area contributed by atoms with Gasteiger partial charge in [-0.2, -0.15) is 0 Å². The van der Waals surface area contributed by atoms with E-state index >= 15 is 0 Å². The van der Waals surface area contributed by atoms with Gasteiger partial charge in [0.25, 0.3) is 0 Å². The quantitative estimate of drug-likeness (QED) is 0.866. The number of carbonyl (C=O) groups excluding carboxylic acids is 1. The van der Waals surface area contributed by atoms with Crippen LogP contribution in [0.1, 0.15) is 29.8 Å². The van der Waals surface area contributed by atoms with Gasteiger partial charge < -0.3 is 15.3 Å². The Kier molecular flexibility index (Phi) is 4.31. The molecule has 0 bridgehead atoms. The van der Waals surface area contributed by atoms with Crippen LogP contribution in [0.15, 0.2) is 18.2 Å². The SMILES string of the molecule is Cc1cc(C(=O)O)ccc1NC(=O)N(C)C(C)C. The van der Waals surface area contributed by atoms with Gasteiger partial charge in [-0.3, -0.25) is 0 Å². The molecule has 2 amide bonds. The second-order valence-corrected chi connectivity index (χ2v) is 4.47. The molecule has 18 heavy (non-hydrogen) atoms. The first-order chi connectivity index (χ1) is 8.32. The molecule has 0 saturated carbocycles. The van der Waals surface area contributed by atoms with Crippen LogP contribution in [0, 0.1) is 6.92 Å². The maximum Gasteiger partial charge on any atom is 0.335 e. The average molecular weight is 250 g/mol. The molecule has 0 aliphatic carbocycles. The molecule has 0 atom stereocenters. The average Bonchev–Trinajstić information content (AvgIpc) is 2.30. The summed E-state index contributed by atoms with van der Waals surface area (Å²) in [5, 5.41) is 11.6. The summed E-state index contributed by atoms with van der Waals surface area (Å²) >= 11 is 0. The summed E-state index contributed by atoms with van der Waals surface area (Å²) in [7, 11) is 1.71. The lowest BCUT2D eigenvalue weighted by atomic mass is 10.1. The van der Waals surface area contributed by atoms with Crippen LogP contribution in [0.2, 0.25) is 0 Å². The first-order valence-electron chi connectivity index (χ1n) is 5.70. The van der Waals surface area contributed by atoms with Crippen LogP contribution < -0.4 is 5.32 Å². The van der Waals surface area contributed by atoms with Gasteiger partial charge in [-0.15, -0.1) is 0 Å². The number of hydrogen-bond acceptors (Lipinski definition) is 2. The number of nitrogens with one attached hydrogen (secondary N) is 1. The Balaban J connectivity index is 2.86. The number of anilines is 1. The van der Waals surface area contributed by atoms with E-state index in [-0.39, 0.29) is 17.6 Å². The molecule has 0 fully saturated rings. The zero-order valence-corrected chi connectivity index (χ0v) is 11.0. The van der Waals surface area contributed by atoms with Crippen LogP contribution >= 0.6 is 0 Å². The largest absolute Gasteiger partial charge is 0.478 e. The van der Waals surface area contributed by atoms with Crippen molar-refractivity contribution in [3.05, 3.63) is 29.3 Å². The predicted molar refractivity (Wildman–Crippen MR) is 70.1 cm³/mol. The molecular weight excluding hydrogens is 232 g/mol. The van der Waals surface area contributed by atoms with E-state index in [0.717, 1.165) is 5.56 Å². The first-order valence-corrected chi connectivity index (χ1v) is 5.70. The maximum atomic E-state index is 11.8. The monoisotopic (exact) mass is 250 g/mol. The van der Waals surface area contributed by atoms with Crippen molar-refractivity contribution < 1.29 is 14.7 Å². The third kappa shape index (κ3) is 3.23. The minimum atomic E-state index is -0.977. The maximum absolute atomic E-state index is 11.8. The predicted octanol–water partition coefficient (Wildman–Crippen LogP) is 2.57. The fourth-order valence-electron chi connectivity index (χ4n) is 1.37. The van der Waals surface area contributed by atoms with Crippen LogP contribution in [0.25, 0.3) is 0 Å². The molecular formula is C13H18N2O3. The Bertz CT molecular complexity index is 469. The number of aryl methyl sites for hydroxylation is 1. The van der Waals surface area contributed by atoms with Gasteiger partial charge in [-0.05, 0) is 44.5 Å². The van der Waals surface area contributed by atoms with E-state index in [1.807, 2.05) is 13.8 Å². The lowest BCUT2D eigenvalue weighted by Crippen LogP contribution is -2.36. The van der Waals surface area contributed by atoms with Crippen molar-refractivity contribution in [3.8, 4) is 0 Å². The Morgan fingerprint density at radius 1 is 1.33 bits per heavy atom. The Morgan fingerprint density at radius 3 is 2.39 bits per heavy atom. The molecule has 0 spiro atoms. The molecule has 0 radical (unpaired) electrons. The van der Waals surface area contributed by atoms with Gasteiger partial charge in [0.1, 0.15) is 0 Å². The molecule has 1 aromatic carbocycles. The van der Waals surface area contributed by atoms with E-state index in [9.17, 15) is 9.59 Å². The topological polar surface area (TPSA) is 69.6 Å². The molecule has 5 nitrogen and oxygen atoms in total. The van der Waals surface area contributed by atoms with Gasteiger partial charge in [-0.1, -0.05) is 0 Å². The summed E-state index contributed by atoms with van der Waals surface area (Å²) in [6, 6.07) is 4.50. The summed E-state index contributed by atoms with van der Waals surface area (Å²) in [5.74, 6) is -0.977. The van der Waals surface area contributed by atoms with Gasteiger partial charge in [0.15, 0.2) is 0 Å². The highest BCUT2D eigenvalue weighted by Gasteiger charge is 2.13. The van der Waals surface area contributed by atoms with Crippen LogP contribution in [-0.2, 0) is 0 Å². The van der Waals surface area contributed by atoms with Gasteiger partial charge in [-0.25, -0.2) is 9.59 Å². The lowest BCUT2D eigenvalue weighted by Gasteiger charge is -2.22. The van der Waals surface area contributed by atoms with Gasteiger partial charge in [0.2, 0.25) is 0 Å². The summed E-state index contributed by atoms with van der Waals surface area (Å²) in [5.41, 5.74) is 1.56.